The Morgan fingerprint density at radius 2 is 1.96 bits per heavy atom. The van der Waals surface area contributed by atoms with Crippen LogP contribution in [0.3, 0.4) is 0 Å². The Kier molecular flexibility index (Phi) is 6.24. The molecule has 0 bridgehead atoms. The van der Waals surface area contributed by atoms with Crippen molar-refractivity contribution in [3.8, 4) is 0 Å². The number of benzene rings is 1. The van der Waals surface area contributed by atoms with Crippen LogP contribution in [0, 0.1) is 0 Å². The van der Waals surface area contributed by atoms with Crippen LogP contribution in [0.15, 0.2) is 48.7 Å². The van der Waals surface area contributed by atoms with Crippen molar-refractivity contribution in [2.75, 3.05) is 0 Å². The number of aromatic nitrogens is 1. The van der Waals surface area contributed by atoms with E-state index in [1.165, 1.54) is 0 Å². The van der Waals surface area contributed by atoms with Crippen molar-refractivity contribution >= 4 is 24.3 Å². The molecule has 1 aromatic heterocycles. The molecule has 0 saturated heterocycles. The summed E-state index contributed by atoms with van der Waals surface area (Å²) in [7, 11) is 0. The smallest absolute Gasteiger partial charge is 0.252 e. The third-order valence-electron chi connectivity index (χ3n) is 3.41. The van der Waals surface area contributed by atoms with E-state index in [4.69, 9.17) is 0 Å². The molecule has 0 aliphatic rings. The number of nitrogens with zero attached hydrogens (tertiary/aromatic N) is 1. The topological polar surface area (TPSA) is 59.1 Å². The van der Waals surface area contributed by atoms with Gasteiger partial charge in [-0.1, -0.05) is 43.7 Å². The Bertz CT molecular complexity index is 681. The third-order valence-corrected chi connectivity index (χ3v) is 3.41. The van der Waals surface area contributed by atoms with E-state index < -0.39 is 6.04 Å². The zero-order chi connectivity index (χ0) is 16.5. The maximum absolute atomic E-state index is 12.4. The lowest BCUT2D eigenvalue weighted by atomic mass is 10.0. The van der Waals surface area contributed by atoms with E-state index in [1.807, 2.05) is 55.5 Å². The molecular weight excluding hydrogens is 288 g/mol. The molecule has 0 fully saturated rings. The predicted molar refractivity (Wildman–Crippen MR) is 91.8 cm³/mol. The number of hydrogen-bond acceptors (Lipinski definition) is 3. The van der Waals surface area contributed by atoms with Gasteiger partial charge in [-0.05, 0) is 36.3 Å². The molecule has 4 heteroatoms. The van der Waals surface area contributed by atoms with E-state index in [-0.39, 0.29) is 5.91 Å². The summed E-state index contributed by atoms with van der Waals surface area (Å²) in [4.78, 5) is 27.6. The van der Waals surface area contributed by atoms with Crippen molar-refractivity contribution in [2.45, 2.75) is 25.8 Å². The van der Waals surface area contributed by atoms with E-state index in [9.17, 15) is 9.59 Å². The lowest BCUT2D eigenvalue weighted by Crippen LogP contribution is -2.36. The van der Waals surface area contributed by atoms with Crippen LogP contribution in [-0.4, -0.2) is 23.2 Å². The molecule has 0 spiro atoms. The number of pyridine rings is 1. The van der Waals surface area contributed by atoms with Crippen LogP contribution in [0.2, 0.25) is 0 Å². The van der Waals surface area contributed by atoms with Crippen molar-refractivity contribution in [2.24, 2.45) is 0 Å². The molecule has 0 aliphatic carbocycles. The van der Waals surface area contributed by atoms with Crippen LogP contribution in [-0.2, 0) is 4.79 Å². The Labute approximate surface area is 136 Å². The quantitative estimate of drug-likeness (QED) is 0.798. The molecule has 23 heavy (non-hydrogen) atoms. The number of carbonyl (C=O) groups is 2. The molecule has 0 radical (unpaired) electrons. The van der Waals surface area contributed by atoms with Gasteiger partial charge in [0.1, 0.15) is 6.29 Å². The standard InChI is InChI=1S/C19H20N2O2/c1-2-7-17(14-22)21-19(23)18-10-4-3-8-15(18)11-12-16-9-5-6-13-20-16/h3-6,8-14,17H,2,7H2,1H3,(H,21,23). The first kappa shape index (κ1) is 16.6. The van der Waals surface area contributed by atoms with E-state index in [0.717, 1.165) is 24.0 Å². The predicted octanol–water partition coefficient (Wildman–Crippen LogP) is 3.35. The summed E-state index contributed by atoms with van der Waals surface area (Å²) < 4.78 is 0. The van der Waals surface area contributed by atoms with Gasteiger partial charge in [-0.3, -0.25) is 9.78 Å². The molecule has 2 rings (SSSR count). The van der Waals surface area contributed by atoms with Crippen LogP contribution in [0.25, 0.3) is 12.2 Å². The van der Waals surface area contributed by atoms with Crippen molar-refractivity contribution in [1.82, 2.24) is 10.3 Å². The molecule has 2 aromatic rings. The van der Waals surface area contributed by atoms with Crippen molar-refractivity contribution in [3.05, 3.63) is 65.5 Å². The molecule has 1 atom stereocenters. The minimum Gasteiger partial charge on any atom is -0.343 e. The fourth-order valence-electron chi connectivity index (χ4n) is 2.23. The summed E-state index contributed by atoms with van der Waals surface area (Å²) >= 11 is 0. The van der Waals surface area contributed by atoms with Crippen LogP contribution in [0.5, 0.6) is 0 Å². The molecule has 1 amide bonds. The highest BCUT2D eigenvalue weighted by Crippen LogP contribution is 2.13. The van der Waals surface area contributed by atoms with Gasteiger partial charge in [0, 0.05) is 11.8 Å². The minimum absolute atomic E-state index is 0.239. The maximum Gasteiger partial charge on any atom is 0.252 e. The summed E-state index contributed by atoms with van der Waals surface area (Å²) in [6.45, 7) is 1.98. The second kappa shape index (κ2) is 8.63. The molecule has 0 aliphatic heterocycles. The molecule has 118 valence electrons. The van der Waals surface area contributed by atoms with Crippen molar-refractivity contribution < 1.29 is 9.59 Å². The largest absolute Gasteiger partial charge is 0.343 e. The fourth-order valence-corrected chi connectivity index (χ4v) is 2.23. The van der Waals surface area contributed by atoms with E-state index in [1.54, 1.807) is 12.3 Å². The van der Waals surface area contributed by atoms with Crippen molar-refractivity contribution in [3.63, 3.8) is 0 Å². The van der Waals surface area contributed by atoms with Gasteiger partial charge >= 0.3 is 0 Å². The Morgan fingerprint density at radius 3 is 2.65 bits per heavy atom. The van der Waals surface area contributed by atoms with Gasteiger partial charge in [0.05, 0.1) is 11.7 Å². The third kappa shape index (κ3) is 4.88. The molecule has 1 N–H and O–H groups in total. The lowest BCUT2D eigenvalue weighted by molar-refractivity contribution is -0.109. The zero-order valence-electron chi connectivity index (χ0n) is 13.1. The number of rotatable bonds is 7. The molecule has 0 saturated carbocycles. The zero-order valence-corrected chi connectivity index (χ0v) is 13.1. The molecule has 1 unspecified atom stereocenters. The van der Waals surface area contributed by atoms with E-state index >= 15 is 0 Å². The van der Waals surface area contributed by atoms with E-state index in [0.29, 0.717) is 12.0 Å². The monoisotopic (exact) mass is 308 g/mol. The van der Waals surface area contributed by atoms with Crippen LogP contribution < -0.4 is 5.32 Å². The van der Waals surface area contributed by atoms with Gasteiger partial charge < -0.3 is 10.1 Å². The van der Waals surface area contributed by atoms with Crippen LogP contribution in [0.1, 0.15) is 41.4 Å². The van der Waals surface area contributed by atoms with Crippen molar-refractivity contribution in [1.29, 1.82) is 0 Å². The Hall–Kier alpha value is -2.75. The summed E-state index contributed by atoms with van der Waals surface area (Å²) in [6.07, 6.45) is 7.69. The SMILES string of the molecule is CCCC(C=O)NC(=O)c1ccccc1C=Cc1ccccn1. The Balaban J connectivity index is 2.18. The average Bonchev–Trinajstić information content (AvgIpc) is 2.60. The number of aldehydes is 1. The minimum atomic E-state index is -0.444. The molecule has 4 nitrogen and oxygen atoms in total. The van der Waals surface area contributed by atoms with Crippen LogP contribution >= 0.6 is 0 Å². The first-order valence-electron chi connectivity index (χ1n) is 7.69. The lowest BCUT2D eigenvalue weighted by Gasteiger charge is -2.13. The van der Waals surface area contributed by atoms with Gasteiger partial charge in [-0.2, -0.15) is 0 Å². The first-order chi connectivity index (χ1) is 11.2. The molecular formula is C19H20N2O2. The maximum atomic E-state index is 12.4. The van der Waals surface area contributed by atoms with Crippen LogP contribution in [0.4, 0.5) is 0 Å². The second-order valence-corrected chi connectivity index (χ2v) is 5.18. The molecule has 1 heterocycles. The number of amides is 1. The van der Waals surface area contributed by atoms with Gasteiger partial charge in [0.2, 0.25) is 0 Å². The van der Waals surface area contributed by atoms with Gasteiger partial charge in [0.15, 0.2) is 0 Å². The summed E-state index contributed by atoms with van der Waals surface area (Å²) in [5, 5.41) is 2.77. The van der Waals surface area contributed by atoms with Gasteiger partial charge in [0.25, 0.3) is 5.91 Å². The van der Waals surface area contributed by atoms with Gasteiger partial charge in [-0.25, -0.2) is 0 Å². The highest BCUT2D eigenvalue weighted by atomic mass is 16.2. The van der Waals surface area contributed by atoms with E-state index in [2.05, 4.69) is 10.3 Å². The molecule has 1 aromatic carbocycles. The average molecular weight is 308 g/mol. The first-order valence-corrected chi connectivity index (χ1v) is 7.69. The summed E-state index contributed by atoms with van der Waals surface area (Å²) in [5.74, 6) is -0.239. The normalized spacial score (nSPS) is 12.0. The summed E-state index contributed by atoms with van der Waals surface area (Å²) in [6, 6.07) is 12.5. The number of hydrogen-bond donors (Lipinski definition) is 1. The van der Waals surface area contributed by atoms with Gasteiger partial charge in [-0.15, -0.1) is 0 Å². The number of nitrogens with one attached hydrogen (secondary N) is 1. The summed E-state index contributed by atoms with van der Waals surface area (Å²) in [5.41, 5.74) is 2.15. The fraction of sp³-hybridized carbons (Fsp3) is 0.211. The highest BCUT2D eigenvalue weighted by Gasteiger charge is 2.14. The Morgan fingerprint density at radius 1 is 1.17 bits per heavy atom. The number of carbonyl (C=O) groups excluding carboxylic acids is 2. The highest BCUT2D eigenvalue weighted by molar-refractivity contribution is 5.99. The second-order valence-electron chi connectivity index (χ2n) is 5.18.